The van der Waals surface area contributed by atoms with Gasteiger partial charge in [-0.2, -0.15) is 4.98 Å². The van der Waals surface area contributed by atoms with E-state index in [1.165, 1.54) is 12.1 Å². The van der Waals surface area contributed by atoms with Crippen molar-refractivity contribution in [2.45, 2.75) is 0 Å². The second kappa shape index (κ2) is 4.37. The molecule has 3 rings (SSSR count). The highest BCUT2D eigenvalue weighted by Gasteiger charge is 2.10. The second-order valence-electron chi connectivity index (χ2n) is 3.67. The van der Waals surface area contributed by atoms with Crippen LogP contribution >= 0.6 is 0 Å². The van der Waals surface area contributed by atoms with Crippen molar-refractivity contribution in [1.82, 2.24) is 15.1 Å². The molecule has 0 fully saturated rings. The Morgan fingerprint density at radius 1 is 1.00 bits per heavy atom. The molecule has 0 atom stereocenters. The molecule has 18 heavy (non-hydrogen) atoms. The Hall–Kier alpha value is -2.56. The van der Waals surface area contributed by atoms with Gasteiger partial charge < -0.3 is 4.52 Å². The van der Waals surface area contributed by atoms with E-state index in [-0.39, 0.29) is 5.82 Å². The number of halogens is 1. The van der Waals surface area contributed by atoms with Gasteiger partial charge in [0.2, 0.25) is 5.82 Å². The number of benzene rings is 1. The predicted molar refractivity (Wildman–Crippen MR) is 62.9 cm³/mol. The van der Waals surface area contributed by atoms with Gasteiger partial charge in [0.25, 0.3) is 5.89 Å². The van der Waals surface area contributed by atoms with Crippen molar-refractivity contribution in [1.29, 1.82) is 0 Å². The van der Waals surface area contributed by atoms with Crippen LogP contribution in [0.5, 0.6) is 0 Å². The average molecular weight is 241 g/mol. The molecular weight excluding hydrogens is 233 g/mol. The summed E-state index contributed by atoms with van der Waals surface area (Å²) in [5.41, 5.74) is 1.45. The number of aromatic nitrogens is 3. The summed E-state index contributed by atoms with van der Waals surface area (Å²) in [4.78, 5) is 8.22. The molecule has 0 N–H and O–H groups in total. The van der Waals surface area contributed by atoms with Crippen LogP contribution in [0.15, 0.2) is 53.3 Å². The zero-order chi connectivity index (χ0) is 12.4. The topological polar surface area (TPSA) is 51.8 Å². The molecule has 0 spiro atoms. The summed E-state index contributed by atoms with van der Waals surface area (Å²) in [6, 6.07) is 9.54. The molecule has 0 aliphatic heterocycles. The Bertz CT molecular complexity index is 650. The Morgan fingerprint density at radius 3 is 2.56 bits per heavy atom. The van der Waals surface area contributed by atoms with Gasteiger partial charge in [0, 0.05) is 18.0 Å². The van der Waals surface area contributed by atoms with Gasteiger partial charge in [-0.15, -0.1) is 0 Å². The zero-order valence-corrected chi connectivity index (χ0v) is 9.25. The molecule has 3 aromatic rings. The van der Waals surface area contributed by atoms with Gasteiger partial charge in [-0.3, -0.25) is 4.98 Å². The second-order valence-corrected chi connectivity index (χ2v) is 3.67. The maximum absolute atomic E-state index is 12.8. The van der Waals surface area contributed by atoms with Crippen LogP contribution < -0.4 is 0 Å². The molecule has 2 heterocycles. The van der Waals surface area contributed by atoms with Crippen molar-refractivity contribution in [3.8, 4) is 22.8 Å². The fraction of sp³-hybridized carbons (Fsp3) is 0. The number of hydrogen-bond donors (Lipinski definition) is 0. The molecule has 1 aromatic carbocycles. The lowest BCUT2D eigenvalue weighted by molar-refractivity contribution is 0.432. The summed E-state index contributed by atoms with van der Waals surface area (Å²) in [5, 5.41) is 3.86. The van der Waals surface area contributed by atoms with E-state index in [4.69, 9.17) is 4.52 Å². The summed E-state index contributed by atoms with van der Waals surface area (Å²) in [5.74, 6) is 0.519. The summed E-state index contributed by atoms with van der Waals surface area (Å²) >= 11 is 0. The molecule has 4 nitrogen and oxygen atoms in total. The van der Waals surface area contributed by atoms with Gasteiger partial charge in [0.15, 0.2) is 0 Å². The third kappa shape index (κ3) is 1.98. The van der Waals surface area contributed by atoms with E-state index in [1.807, 2.05) is 6.07 Å². The number of pyridine rings is 1. The minimum absolute atomic E-state index is 0.297. The first kappa shape index (κ1) is 10.6. The van der Waals surface area contributed by atoms with Crippen molar-refractivity contribution in [2.24, 2.45) is 0 Å². The van der Waals surface area contributed by atoms with Crippen LogP contribution in [-0.2, 0) is 0 Å². The van der Waals surface area contributed by atoms with Gasteiger partial charge in [-0.25, -0.2) is 4.39 Å². The van der Waals surface area contributed by atoms with E-state index >= 15 is 0 Å². The van der Waals surface area contributed by atoms with Crippen molar-refractivity contribution in [3.05, 3.63) is 54.6 Å². The minimum atomic E-state index is -0.297. The van der Waals surface area contributed by atoms with Gasteiger partial charge >= 0.3 is 0 Å². The lowest BCUT2D eigenvalue weighted by Gasteiger charge is -1.92. The van der Waals surface area contributed by atoms with Crippen molar-refractivity contribution in [3.63, 3.8) is 0 Å². The number of rotatable bonds is 2. The number of nitrogens with zero attached hydrogens (tertiary/aromatic N) is 3. The molecule has 88 valence electrons. The molecule has 0 amide bonds. The normalized spacial score (nSPS) is 10.5. The van der Waals surface area contributed by atoms with Crippen molar-refractivity contribution >= 4 is 0 Å². The quantitative estimate of drug-likeness (QED) is 0.692. The molecule has 0 aliphatic carbocycles. The van der Waals surface area contributed by atoms with E-state index in [2.05, 4.69) is 15.1 Å². The predicted octanol–water partition coefficient (Wildman–Crippen LogP) is 2.94. The first-order valence-corrected chi connectivity index (χ1v) is 5.33. The third-order valence-electron chi connectivity index (χ3n) is 2.44. The Kier molecular flexibility index (Phi) is 2.57. The van der Waals surface area contributed by atoms with E-state index in [1.54, 1.807) is 30.6 Å². The Labute approximate surface area is 102 Å². The SMILES string of the molecule is Fc1ccc(-c2noc(-c3cccnc3)n2)cc1. The molecule has 2 aromatic heterocycles. The molecule has 0 saturated heterocycles. The summed E-state index contributed by atoms with van der Waals surface area (Å²) in [6.07, 6.45) is 3.31. The minimum Gasteiger partial charge on any atom is -0.334 e. The fourth-order valence-electron chi connectivity index (χ4n) is 1.55. The van der Waals surface area contributed by atoms with Crippen LogP contribution in [0.4, 0.5) is 4.39 Å². The van der Waals surface area contributed by atoms with E-state index < -0.39 is 0 Å². The lowest BCUT2D eigenvalue weighted by atomic mass is 10.2. The molecule has 0 unspecified atom stereocenters. The Morgan fingerprint density at radius 2 is 1.83 bits per heavy atom. The highest BCUT2D eigenvalue weighted by molar-refractivity contribution is 5.58. The van der Waals surface area contributed by atoms with Gasteiger partial charge in [-0.05, 0) is 36.4 Å². The first-order valence-electron chi connectivity index (χ1n) is 5.33. The standard InChI is InChI=1S/C13H8FN3O/c14-11-5-3-9(4-6-11)12-16-13(18-17-12)10-2-1-7-15-8-10/h1-8H. The lowest BCUT2D eigenvalue weighted by Crippen LogP contribution is -1.82. The highest BCUT2D eigenvalue weighted by Crippen LogP contribution is 2.21. The van der Waals surface area contributed by atoms with Crippen LogP contribution in [0, 0.1) is 5.82 Å². The first-order chi connectivity index (χ1) is 8.83. The summed E-state index contributed by atoms with van der Waals surface area (Å²) in [6.45, 7) is 0. The van der Waals surface area contributed by atoms with E-state index in [9.17, 15) is 4.39 Å². The van der Waals surface area contributed by atoms with Crippen LogP contribution in [0.25, 0.3) is 22.8 Å². The molecule has 0 aliphatic rings. The van der Waals surface area contributed by atoms with Gasteiger partial charge in [0.1, 0.15) is 5.82 Å². The maximum Gasteiger partial charge on any atom is 0.259 e. The third-order valence-corrected chi connectivity index (χ3v) is 2.44. The van der Waals surface area contributed by atoms with E-state index in [0.717, 1.165) is 5.56 Å². The maximum atomic E-state index is 12.8. The van der Waals surface area contributed by atoms with Crippen molar-refractivity contribution < 1.29 is 8.91 Å². The largest absolute Gasteiger partial charge is 0.334 e. The molecule has 5 heteroatoms. The van der Waals surface area contributed by atoms with Crippen LogP contribution in [0.1, 0.15) is 0 Å². The summed E-state index contributed by atoms with van der Waals surface area (Å²) < 4.78 is 17.9. The monoisotopic (exact) mass is 241 g/mol. The van der Waals surface area contributed by atoms with Crippen LogP contribution in [-0.4, -0.2) is 15.1 Å². The Balaban J connectivity index is 1.97. The summed E-state index contributed by atoms with van der Waals surface area (Å²) in [7, 11) is 0. The van der Waals surface area contributed by atoms with Crippen molar-refractivity contribution in [2.75, 3.05) is 0 Å². The number of hydrogen-bond acceptors (Lipinski definition) is 4. The fourth-order valence-corrected chi connectivity index (χ4v) is 1.55. The van der Waals surface area contributed by atoms with Gasteiger partial charge in [-0.1, -0.05) is 5.16 Å². The van der Waals surface area contributed by atoms with E-state index in [0.29, 0.717) is 17.3 Å². The van der Waals surface area contributed by atoms with Crippen LogP contribution in [0.3, 0.4) is 0 Å². The molecular formula is C13H8FN3O. The molecule has 0 radical (unpaired) electrons. The zero-order valence-electron chi connectivity index (χ0n) is 9.25. The molecule has 0 bridgehead atoms. The average Bonchev–Trinajstić information content (AvgIpc) is 2.90. The highest BCUT2D eigenvalue weighted by atomic mass is 19.1. The smallest absolute Gasteiger partial charge is 0.259 e. The van der Waals surface area contributed by atoms with Crippen LogP contribution in [0.2, 0.25) is 0 Å². The molecule has 0 saturated carbocycles. The van der Waals surface area contributed by atoms with Gasteiger partial charge in [0.05, 0.1) is 5.56 Å².